The Labute approximate surface area is 317 Å². The lowest BCUT2D eigenvalue weighted by Gasteiger charge is -2.30. The second-order valence-corrected chi connectivity index (χ2v) is 16.0. The Morgan fingerprint density at radius 2 is 1.60 bits per heavy atom. The summed E-state index contributed by atoms with van der Waals surface area (Å²) in [7, 11) is -3.73. The van der Waals surface area contributed by atoms with Crippen molar-refractivity contribution in [3.63, 3.8) is 0 Å². The summed E-state index contributed by atoms with van der Waals surface area (Å²) < 4.78 is 82.4. The van der Waals surface area contributed by atoms with Crippen LogP contribution in [0.5, 0.6) is 17.2 Å². The molecule has 3 aromatic rings. The van der Waals surface area contributed by atoms with Crippen LogP contribution in [0.3, 0.4) is 0 Å². The fourth-order valence-electron chi connectivity index (χ4n) is 5.78. The Morgan fingerprint density at radius 1 is 0.962 bits per heavy atom. The number of H-pyrrole nitrogens is 1. The van der Waals surface area contributed by atoms with Gasteiger partial charge in [0.2, 0.25) is 10.0 Å². The molecule has 1 saturated heterocycles. The molecule has 2 N–H and O–H groups in total. The van der Waals surface area contributed by atoms with Crippen LogP contribution in [0.2, 0.25) is 10.0 Å². The van der Waals surface area contributed by atoms with Crippen molar-refractivity contribution >= 4 is 44.9 Å². The van der Waals surface area contributed by atoms with Gasteiger partial charge in [-0.3, -0.25) is 9.21 Å². The molecule has 0 unspecified atom stereocenters. The monoisotopic (exact) mass is 801 g/mol. The van der Waals surface area contributed by atoms with E-state index in [1.807, 2.05) is 0 Å². The molecule has 53 heavy (non-hydrogen) atoms. The molecule has 12 nitrogen and oxygen atoms in total. The number of rotatable bonds is 18. The number of nitrogens with zero attached hydrogens (tertiary/aromatic N) is 2. The number of carbonyl (C=O) groups is 1. The van der Waals surface area contributed by atoms with E-state index in [-0.39, 0.29) is 41.3 Å². The number of nitrogens with one attached hydrogen (secondary N) is 1. The number of aromatic nitrogens is 1. The largest absolute Gasteiger partial charge is 0.870 e. The number of sulfonamides is 1. The van der Waals surface area contributed by atoms with Gasteiger partial charge in [0.15, 0.2) is 23.9 Å². The van der Waals surface area contributed by atoms with E-state index in [1.54, 1.807) is 18.5 Å². The number of anilines is 1. The summed E-state index contributed by atoms with van der Waals surface area (Å²) >= 11 is 13.0. The highest BCUT2D eigenvalue weighted by Gasteiger charge is 2.29. The second-order valence-electron chi connectivity index (χ2n) is 13.3. The summed E-state index contributed by atoms with van der Waals surface area (Å²) in [6, 6.07) is 8.91. The summed E-state index contributed by atoms with van der Waals surface area (Å²) in [6.45, 7) is 0.840. The average Bonchev–Trinajstić information content (AvgIpc) is 4.04. The highest BCUT2D eigenvalue weighted by molar-refractivity contribution is 7.92. The lowest BCUT2D eigenvalue weighted by Crippen LogP contribution is -2.43. The third-order valence-corrected chi connectivity index (χ3v) is 11.0. The van der Waals surface area contributed by atoms with Crippen LogP contribution < -0.4 is 23.5 Å². The van der Waals surface area contributed by atoms with Gasteiger partial charge in [-0.1, -0.05) is 29.3 Å². The minimum absolute atomic E-state index is 0. The topological polar surface area (TPSA) is 148 Å². The van der Waals surface area contributed by atoms with E-state index in [2.05, 4.69) is 9.88 Å². The van der Waals surface area contributed by atoms with Gasteiger partial charge >= 0.3 is 12.6 Å². The second kappa shape index (κ2) is 18.2. The van der Waals surface area contributed by atoms with Gasteiger partial charge in [0.1, 0.15) is 21.9 Å². The normalized spacial score (nSPS) is 16.8. The van der Waals surface area contributed by atoms with Crippen molar-refractivity contribution in [2.24, 2.45) is 11.8 Å². The van der Waals surface area contributed by atoms with E-state index in [0.717, 1.165) is 31.9 Å². The van der Waals surface area contributed by atoms with Crippen molar-refractivity contribution in [3.05, 3.63) is 75.5 Å². The number of alkyl halides is 2. The molecule has 1 atom stereocenters. The molecule has 1 aliphatic heterocycles. The minimum Gasteiger partial charge on any atom is -0.870 e. The summed E-state index contributed by atoms with van der Waals surface area (Å²) in [6.07, 6.45) is 7.21. The lowest BCUT2D eigenvalue weighted by molar-refractivity contribution is -0.377. The number of halogens is 4. The molecule has 2 heterocycles. The number of benzene rings is 2. The zero-order chi connectivity index (χ0) is 36.8. The first kappa shape index (κ1) is 40.7. The molecule has 2 aliphatic carbocycles. The van der Waals surface area contributed by atoms with Gasteiger partial charge < -0.3 is 29.2 Å². The van der Waals surface area contributed by atoms with Crippen molar-refractivity contribution in [1.29, 1.82) is 0 Å². The first-order valence-electron chi connectivity index (χ1n) is 17.3. The van der Waals surface area contributed by atoms with E-state index in [9.17, 15) is 22.0 Å². The molecule has 0 spiro atoms. The molecular formula is C36H43Cl2F2N3O9S. The number of hydrogen-bond donors (Lipinski definition) is 0. The molecular weight excluding hydrogens is 759 g/mol. The van der Waals surface area contributed by atoms with Crippen molar-refractivity contribution < 1.29 is 56.1 Å². The Balaban J connectivity index is 0.00000541. The zero-order valence-corrected chi connectivity index (χ0v) is 31.5. The Bertz CT molecular complexity index is 1810. The summed E-state index contributed by atoms with van der Waals surface area (Å²) in [5.74, 6) is 0.106. The predicted octanol–water partition coefficient (Wildman–Crippen LogP) is 6.05. The molecule has 290 valence electrons. The first-order valence-corrected chi connectivity index (χ1v) is 19.9. The molecule has 0 bridgehead atoms. The summed E-state index contributed by atoms with van der Waals surface area (Å²) in [4.78, 5) is 19.0. The molecule has 3 aliphatic rings. The molecule has 0 radical (unpaired) electrons. The van der Waals surface area contributed by atoms with Gasteiger partial charge in [-0.05, 0) is 73.4 Å². The van der Waals surface area contributed by atoms with Crippen LogP contribution in [-0.2, 0) is 25.9 Å². The predicted molar refractivity (Wildman–Crippen MR) is 192 cm³/mol. The Morgan fingerprint density at radius 3 is 2.21 bits per heavy atom. The number of carbonyl (C=O) groups excluding carboxylic acids is 1. The SMILES string of the molecule is CS(=O)(=O)N(CCN1CCOCC1)c1ccc(C(=O)O[C@H](Cc2c(Cl)c[nH+]cc2Cl)c2ccc(OC(F)F)c(OCC3CC3)c2)cc1OCC1CC1.[OH-]. The molecule has 2 aromatic carbocycles. The van der Waals surface area contributed by atoms with Crippen LogP contribution >= 0.6 is 23.2 Å². The zero-order valence-electron chi connectivity index (χ0n) is 29.1. The molecule has 3 fully saturated rings. The molecule has 2 saturated carbocycles. The van der Waals surface area contributed by atoms with E-state index in [0.29, 0.717) is 84.8 Å². The van der Waals surface area contributed by atoms with Crippen LogP contribution in [0.1, 0.15) is 53.3 Å². The van der Waals surface area contributed by atoms with E-state index >= 15 is 0 Å². The molecule has 0 amide bonds. The fourth-order valence-corrected chi connectivity index (χ4v) is 7.24. The maximum atomic E-state index is 14.0. The third kappa shape index (κ3) is 11.5. The summed E-state index contributed by atoms with van der Waals surface area (Å²) in [5, 5.41) is 0.601. The van der Waals surface area contributed by atoms with Gasteiger partial charge in [-0.2, -0.15) is 8.78 Å². The van der Waals surface area contributed by atoms with Crippen molar-refractivity contribution in [1.82, 2.24) is 4.90 Å². The van der Waals surface area contributed by atoms with Gasteiger partial charge in [-0.15, -0.1) is 0 Å². The Kier molecular flexibility index (Phi) is 14.0. The summed E-state index contributed by atoms with van der Waals surface area (Å²) in [5.41, 5.74) is 1.34. The van der Waals surface area contributed by atoms with Crippen LogP contribution in [-0.4, -0.2) is 90.2 Å². The van der Waals surface area contributed by atoms with Gasteiger partial charge in [0.05, 0.1) is 43.9 Å². The number of pyridine rings is 1. The van der Waals surface area contributed by atoms with E-state index in [4.69, 9.17) is 46.9 Å². The maximum absolute atomic E-state index is 14.0. The van der Waals surface area contributed by atoms with Crippen molar-refractivity contribution in [3.8, 4) is 17.2 Å². The number of aromatic amines is 1. The van der Waals surface area contributed by atoms with Gasteiger partial charge in [-0.25, -0.2) is 18.2 Å². The number of ether oxygens (including phenoxy) is 5. The van der Waals surface area contributed by atoms with E-state index < -0.39 is 28.7 Å². The highest BCUT2D eigenvalue weighted by Crippen LogP contribution is 2.39. The first-order chi connectivity index (χ1) is 24.9. The van der Waals surface area contributed by atoms with Crippen LogP contribution in [0.15, 0.2) is 48.8 Å². The fraction of sp³-hybridized carbons (Fsp3) is 0.500. The standard InChI is InChI=1S/C36H41Cl2F2N3O8S.H2O/c1-52(45,46)43(11-10-42-12-14-47-15-13-42)30-8-6-26(17-33(30)48-21-23-2-3-23)35(44)50-32(18-27-28(37)19-41-20-29(27)38)25-7-9-31(51-36(39)40)34(16-25)49-22-24-4-5-24;/h6-9,16-17,19-20,23-24,32,36H,2-5,10-15,18,21-22H2,1H3;1H2/t32-;/m1./s1. The number of morpholine rings is 1. The molecule has 1 aromatic heterocycles. The average molecular weight is 803 g/mol. The Hall–Kier alpha value is -3.47. The van der Waals surface area contributed by atoms with Crippen molar-refractivity contribution in [2.75, 3.05) is 63.2 Å². The minimum atomic E-state index is -3.73. The number of hydrogen-bond acceptors (Lipinski definition) is 10. The maximum Gasteiger partial charge on any atom is 0.387 e. The van der Waals surface area contributed by atoms with Crippen molar-refractivity contribution in [2.45, 2.75) is 44.8 Å². The molecule has 17 heteroatoms. The van der Waals surface area contributed by atoms with E-state index in [1.165, 1.54) is 34.6 Å². The molecule has 6 rings (SSSR count). The van der Waals surface area contributed by atoms with Crippen LogP contribution in [0.4, 0.5) is 14.5 Å². The third-order valence-electron chi connectivity index (χ3n) is 9.12. The van der Waals surface area contributed by atoms with Crippen LogP contribution in [0.25, 0.3) is 0 Å². The van der Waals surface area contributed by atoms with Crippen LogP contribution in [0, 0.1) is 11.8 Å². The highest BCUT2D eigenvalue weighted by atomic mass is 35.5. The van der Waals surface area contributed by atoms with Gasteiger partial charge in [0.25, 0.3) is 0 Å². The smallest absolute Gasteiger partial charge is 0.387 e. The van der Waals surface area contributed by atoms with Gasteiger partial charge in [0, 0.05) is 38.2 Å². The quantitative estimate of drug-likeness (QED) is 0.139. The number of esters is 1. The lowest BCUT2D eigenvalue weighted by atomic mass is 10.0.